The fourth-order valence-electron chi connectivity index (χ4n) is 2.35. The molecule has 1 unspecified atom stereocenters. The van der Waals surface area contributed by atoms with E-state index in [-0.39, 0.29) is 6.04 Å². The largest absolute Gasteiger partial charge is 0.271 e. The number of hydrazine groups is 1. The fourth-order valence-corrected chi connectivity index (χ4v) is 2.75. The molecular formula is C15H16Cl2N2. The Kier molecular flexibility index (Phi) is 4.48. The van der Waals surface area contributed by atoms with Gasteiger partial charge in [-0.15, -0.1) is 0 Å². The molecular weight excluding hydrogens is 279 g/mol. The Hall–Kier alpha value is -1.06. The minimum atomic E-state index is -0.174. The van der Waals surface area contributed by atoms with Crippen LogP contribution in [-0.2, 0) is 0 Å². The van der Waals surface area contributed by atoms with Gasteiger partial charge in [0.05, 0.1) is 6.04 Å². The average molecular weight is 295 g/mol. The standard InChI is InChI=1S/C15H16Cl2N2/c1-9-4-3-5-10(2)14(9)15(19-18)12-8-11(16)6-7-13(12)17/h3-8,15,19H,18H2,1-2H3. The van der Waals surface area contributed by atoms with Crippen LogP contribution in [0.25, 0.3) is 0 Å². The summed E-state index contributed by atoms with van der Waals surface area (Å²) < 4.78 is 0. The van der Waals surface area contributed by atoms with E-state index in [2.05, 4.69) is 31.4 Å². The van der Waals surface area contributed by atoms with Gasteiger partial charge >= 0.3 is 0 Å². The summed E-state index contributed by atoms with van der Waals surface area (Å²) in [5.74, 6) is 5.74. The maximum atomic E-state index is 6.27. The third kappa shape index (κ3) is 2.93. The Labute approximate surface area is 123 Å². The zero-order valence-corrected chi connectivity index (χ0v) is 12.4. The van der Waals surface area contributed by atoms with Crippen LogP contribution in [0.15, 0.2) is 36.4 Å². The van der Waals surface area contributed by atoms with Crippen LogP contribution < -0.4 is 11.3 Å². The third-order valence-corrected chi connectivity index (χ3v) is 3.85. The molecule has 2 aromatic rings. The molecule has 0 spiro atoms. The molecule has 4 heteroatoms. The monoisotopic (exact) mass is 294 g/mol. The number of rotatable bonds is 3. The van der Waals surface area contributed by atoms with E-state index in [1.165, 1.54) is 11.1 Å². The van der Waals surface area contributed by atoms with Gasteiger partial charge in [0.25, 0.3) is 0 Å². The second-order valence-corrected chi connectivity index (χ2v) is 5.41. The first-order valence-electron chi connectivity index (χ1n) is 6.01. The molecule has 2 rings (SSSR count). The first-order valence-corrected chi connectivity index (χ1v) is 6.77. The van der Waals surface area contributed by atoms with E-state index >= 15 is 0 Å². The Bertz CT molecular complexity index is 576. The highest BCUT2D eigenvalue weighted by Crippen LogP contribution is 2.33. The highest BCUT2D eigenvalue weighted by atomic mass is 35.5. The van der Waals surface area contributed by atoms with Crippen molar-refractivity contribution in [3.63, 3.8) is 0 Å². The number of aryl methyl sites for hydroxylation is 2. The van der Waals surface area contributed by atoms with Crippen LogP contribution in [0.4, 0.5) is 0 Å². The van der Waals surface area contributed by atoms with Crippen LogP contribution >= 0.6 is 23.2 Å². The molecule has 3 N–H and O–H groups in total. The number of benzene rings is 2. The minimum Gasteiger partial charge on any atom is -0.271 e. The number of nitrogens with two attached hydrogens (primary N) is 1. The first kappa shape index (κ1) is 14.4. The van der Waals surface area contributed by atoms with E-state index < -0.39 is 0 Å². The minimum absolute atomic E-state index is 0.174. The van der Waals surface area contributed by atoms with Crippen molar-refractivity contribution < 1.29 is 0 Å². The van der Waals surface area contributed by atoms with Gasteiger partial charge in [-0.1, -0.05) is 41.4 Å². The second kappa shape index (κ2) is 5.93. The van der Waals surface area contributed by atoms with E-state index in [9.17, 15) is 0 Å². The van der Waals surface area contributed by atoms with Gasteiger partial charge in [0.2, 0.25) is 0 Å². The van der Waals surface area contributed by atoms with Gasteiger partial charge in [0.15, 0.2) is 0 Å². The quantitative estimate of drug-likeness (QED) is 0.659. The number of hydrogen-bond acceptors (Lipinski definition) is 2. The molecule has 0 aliphatic carbocycles. The number of nitrogens with one attached hydrogen (secondary N) is 1. The van der Waals surface area contributed by atoms with Crippen LogP contribution in [0.2, 0.25) is 10.0 Å². The normalized spacial score (nSPS) is 12.5. The molecule has 2 nitrogen and oxygen atoms in total. The average Bonchev–Trinajstić information content (AvgIpc) is 2.37. The first-order chi connectivity index (χ1) is 9.04. The second-order valence-electron chi connectivity index (χ2n) is 4.57. The topological polar surface area (TPSA) is 38.0 Å². The van der Waals surface area contributed by atoms with Crippen molar-refractivity contribution in [2.75, 3.05) is 0 Å². The van der Waals surface area contributed by atoms with Crippen molar-refractivity contribution in [1.82, 2.24) is 5.43 Å². The van der Waals surface area contributed by atoms with Gasteiger partial charge in [-0.2, -0.15) is 0 Å². The lowest BCUT2D eigenvalue weighted by molar-refractivity contribution is 0.630. The lowest BCUT2D eigenvalue weighted by Crippen LogP contribution is -2.30. The van der Waals surface area contributed by atoms with E-state index in [0.717, 1.165) is 11.1 Å². The van der Waals surface area contributed by atoms with Gasteiger partial charge < -0.3 is 0 Å². The van der Waals surface area contributed by atoms with E-state index in [4.69, 9.17) is 29.0 Å². The summed E-state index contributed by atoms with van der Waals surface area (Å²) >= 11 is 12.3. The van der Waals surface area contributed by atoms with Crippen LogP contribution in [0.3, 0.4) is 0 Å². The molecule has 1 atom stereocenters. The molecule has 0 bridgehead atoms. The predicted octanol–water partition coefficient (Wildman–Crippen LogP) is 4.16. The van der Waals surface area contributed by atoms with Crippen LogP contribution in [-0.4, -0.2) is 0 Å². The Morgan fingerprint density at radius 1 is 1.05 bits per heavy atom. The molecule has 0 fully saturated rings. The molecule has 0 aliphatic heterocycles. The molecule has 2 aromatic carbocycles. The third-order valence-electron chi connectivity index (χ3n) is 3.27. The summed E-state index contributed by atoms with van der Waals surface area (Å²) in [7, 11) is 0. The summed E-state index contributed by atoms with van der Waals surface area (Å²) in [4.78, 5) is 0. The maximum absolute atomic E-state index is 6.27. The predicted molar refractivity (Wildman–Crippen MR) is 81.5 cm³/mol. The van der Waals surface area contributed by atoms with E-state index in [1.807, 2.05) is 12.1 Å². The Balaban J connectivity index is 2.59. The lowest BCUT2D eigenvalue weighted by atomic mass is 9.92. The molecule has 0 aromatic heterocycles. The van der Waals surface area contributed by atoms with Crippen molar-refractivity contribution in [2.24, 2.45) is 5.84 Å². The van der Waals surface area contributed by atoms with Gasteiger partial charge in [0.1, 0.15) is 0 Å². The summed E-state index contributed by atoms with van der Waals surface area (Å²) in [6, 6.07) is 11.4. The highest BCUT2D eigenvalue weighted by molar-refractivity contribution is 6.33. The fraction of sp³-hybridized carbons (Fsp3) is 0.200. The van der Waals surface area contributed by atoms with Gasteiger partial charge in [-0.05, 0) is 54.3 Å². The summed E-state index contributed by atoms with van der Waals surface area (Å²) in [5.41, 5.74) is 7.19. The number of hydrogen-bond donors (Lipinski definition) is 2. The van der Waals surface area contributed by atoms with Crippen molar-refractivity contribution in [3.05, 3.63) is 68.7 Å². The zero-order valence-electron chi connectivity index (χ0n) is 10.9. The smallest absolute Gasteiger partial charge is 0.0730 e. The summed E-state index contributed by atoms with van der Waals surface area (Å²) in [6.07, 6.45) is 0. The van der Waals surface area contributed by atoms with Crippen molar-refractivity contribution >= 4 is 23.2 Å². The Morgan fingerprint density at radius 2 is 1.68 bits per heavy atom. The SMILES string of the molecule is Cc1cccc(C)c1C(NN)c1cc(Cl)ccc1Cl. The van der Waals surface area contributed by atoms with Crippen molar-refractivity contribution in [1.29, 1.82) is 0 Å². The van der Waals surface area contributed by atoms with Gasteiger partial charge in [-0.3, -0.25) is 5.84 Å². The molecule has 0 amide bonds. The van der Waals surface area contributed by atoms with E-state index in [1.54, 1.807) is 12.1 Å². The van der Waals surface area contributed by atoms with Gasteiger partial charge in [0, 0.05) is 10.0 Å². The molecule has 0 saturated heterocycles. The zero-order chi connectivity index (χ0) is 14.0. The molecule has 19 heavy (non-hydrogen) atoms. The molecule has 0 aliphatic rings. The van der Waals surface area contributed by atoms with Crippen LogP contribution in [0.1, 0.15) is 28.3 Å². The van der Waals surface area contributed by atoms with Crippen LogP contribution in [0.5, 0.6) is 0 Å². The van der Waals surface area contributed by atoms with Crippen molar-refractivity contribution in [3.8, 4) is 0 Å². The molecule has 0 radical (unpaired) electrons. The van der Waals surface area contributed by atoms with Gasteiger partial charge in [-0.25, -0.2) is 5.43 Å². The van der Waals surface area contributed by atoms with Crippen molar-refractivity contribution in [2.45, 2.75) is 19.9 Å². The molecule has 0 heterocycles. The maximum Gasteiger partial charge on any atom is 0.0730 e. The summed E-state index contributed by atoms with van der Waals surface area (Å²) in [5, 5.41) is 1.29. The highest BCUT2D eigenvalue weighted by Gasteiger charge is 2.19. The molecule has 100 valence electrons. The van der Waals surface area contributed by atoms with E-state index in [0.29, 0.717) is 10.0 Å². The Morgan fingerprint density at radius 3 is 2.26 bits per heavy atom. The lowest BCUT2D eigenvalue weighted by Gasteiger charge is -2.22. The number of halogens is 2. The van der Waals surface area contributed by atoms with Crippen LogP contribution in [0, 0.1) is 13.8 Å². The summed E-state index contributed by atoms with van der Waals surface area (Å²) in [6.45, 7) is 4.12. The molecule has 0 saturated carbocycles.